The number of hydrogen-bond acceptors (Lipinski definition) is 8. The van der Waals surface area contributed by atoms with Crippen LogP contribution in [-0.4, -0.2) is 50.1 Å². The monoisotopic (exact) mass is 421 g/mol. The molecule has 0 saturated heterocycles. The van der Waals surface area contributed by atoms with Crippen LogP contribution in [0.15, 0.2) is 49.1 Å². The molecule has 4 rings (SSSR count). The molecule has 3 N–H and O–H groups in total. The minimum absolute atomic E-state index is 0.173. The van der Waals surface area contributed by atoms with Crippen LogP contribution in [0.25, 0.3) is 10.9 Å². The lowest BCUT2D eigenvalue weighted by Crippen LogP contribution is -2.80. The molecule has 3 heterocycles. The lowest BCUT2D eigenvalue weighted by molar-refractivity contribution is -0.627. The first-order valence-electron chi connectivity index (χ1n) is 10.1. The third-order valence-electron chi connectivity index (χ3n) is 4.43. The molecular formula is C21H25N8O2+. The lowest BCUT2D eigenvalue weighted by atomic mass is 10.2. The second kappa shape index (κ2) is 9.35. The van der Waals surface area contributed by atoms with Crippen molar-refractivity contribution in [2.75, 3.05) is 25.5 Å². The molecule has 0 atom stereocenters. The standard InChI is InChI=1S/C21H24N8O2/c1-14(2)29-26-12-19(28-29)27-21-17-10-15(4-6-18(17)24-13-25-21)31-20-7-5-16(11-23-20)30-9-8-22-3/h4-7,10-14,22H,8-9H2,1-3H3,(H,24,25,27,28)/p+1. The SMILES string of the molecule is C[NH2+]CCOc1ccc(Oc2ccc3ncnc(Nc4cnn(C(C)C)n4)c3c2)nc1. The van der Waals surface area contributed by atoms with E-state index in [9.17, 15) is 0 Å². The Morgan fingerprint density at radius 1 is 1.06 bits per heavy atom. The van der Waals surface area contributed by atoms with Crippen molar-refractivity contribution in [2.24, 2.45) is 0 Å². The van der Waals surface area contributed by atoms with Crippen molar-refractivity contribution in [1.29, 1.82) is 0 Å². The molecular weight excluding hydrogens is 396 g/mol. The maximum Gasteiger partial charge on any atom is 0.219 e. The van der Waals surface area contributed by atoms with Crippen LogP contribution in [0, 0.1) is 0 Å². The van der Waals surface area contributed by atoms with Crippen LogP contribution in [0.2, 0.25) is 0 Å². The van der Waals surface area contributed by atoms with E-state index in [0.29, 0.717) is 35.6 Å². The number of rotatable bonds is 9. The Balaban J connectivity index is 1.52. The molecule has 0 aliphatic heterocycles. The normalized spacial score (nSPS) is 11.1. The summed E-state index contributed by atoms with van der Waals surface area (Å²) in [4.78, 5) is 14.6. The number of benzene rings is 1. The third-order valence-corrected chi connectivity index (χ3v) is 4.43. The highest BCUT2D eigenvalue weighted by atomic mass is 16.5. The molecule has 4 aromatic rings. The summed E-state index contributed by atoms with van der Waals surface area (Å²) < 4.78 is 11.5. The Morgan fingerprint density at radius 3 is 2.68 bits per heavy atom. The Morgan fingerprint density at radius 2 is 1.94 bits per heavy atom. The Bertz CT molecular complexity index is 1140. The van der Waals surface area contributed by atoms with Crippen molar-refractivity contribution in [3.8, 4) is 17.4 Å². The number of ether oxygens (including phenoxy) is 2. The Labute approximate surface area is 179 Å². The second-order valence-electron chi connectivity index (χ2n) is 7.15. The van der Waals surface area contributed by atoms with E-state index in [1.54, 1.807) is 23.3 Å². The third kappa shape index (κ3) is 5.04. The highest BCUT2D eigenvalue weighted by Gasteiger charge is 2.10. The van der Waals surface area contributed by atoms with Gasteiger partial charge in [0.1, 0.15) is 36.8 Å². The molecule has 160 valence electrons. The van der Waals surface area contributed by atoms with Crippen LogP contribution in [0.4, 0.5) is 11.6 Å². The fourth-order valence-electron chi connectivity index (χ4n) is 2.83. The summed E-state index contributed by atoms with van der Waals surface area (Å²) in [7, 11) is 2.00. The number of aromatic nitrogens is 6. The number of likely N-dealkylation sites (N-methyl/N-ethyl adjacent to an activating group) is 1. The molecule has 3 aromatic heterocycles. The number of nitrogens with two attached hydrogens (primary N) is 1. The molecule has 0 radical (unpaired) electrons. The van der Waals surface area contributed by atoms with Crippen molar-refractivity contribution in [3.05, 3.63) is 49.1 Å². The van der Waals surface area contributed by atoms with Crippen LogP contribution in [0.5, 0.6) is 17.4 Å². The van der Waals surface area contributed by atoms with Crippen molar-refractivity contribution < 1.29 is 14.8 Å². The van der Waals surface area contributed by atoms with Gasteiger partial charge >= 0.3 is 0 Å². The molecule has 0 unspecified atom stereocenters. The van der Waals surface area contributed by atoms with E-state index >= 15 is 0 Å². The van der Waals surface area contributed by atoms with Gasteiger partial charge in [-0.25, -0.2) is 15.0 Å². The number of pyridine rings is 1. The van der Waals surface area contributed by atoms with Gasteiger partial charge in [0, 0.05) is 11.5 Å². The Kier molecular flexibility index (Phi) is 6.18. The van der Waals surface area contributed by atoms with E-state index in [-0.39, 0.29) is 6.04 Å². The average molecular weight is 421 g/mol. The second-order valence-corrected chi connectivity index (χ2v) is 7.15. The summed E-state index contributed by atoms with van der Waals surface area (Å²) in [5.74, 6) is 3.04. The molecule has 0 amide bonds. The average Bonchev–Trinajstić information content (AvgIpc) is 3.25. The summed E-state index contributed by atoms with van der Waals surface area (Å²) in [5.41, 5.74) is 0.783. The van der Waals surface area contributed by atoms with Gasteiger partial charge in [-0.05, 0) is 38.1 Å². The van der Waals surface area contributed by atoms with Crippen molar-refractivity contribution >= 4 is 22.5 Å². The van der Waals surface area contributed by atoms with Gasteiger partial charge in [0.15, 0.2) is 5.82 Å². The highest BCUT2D eigenvalue weighted by Crippen LogP contribution is 2.28. The van der Waals surface area contributed by atoms with Crippen LogP contribution in [0.3, 0.4) is 0 Å². The first-order chi connectivity index (χ1) is 15.1. The summed E-state index contributed by atoms with van der Waals surface area (Å²) in [6.45, 7) is 5.55. The van der Waals surface area contributed by atoms with Gasteiger partial charge in [-0.3, -0.25) is 0 Å². The zero-order chi connectivity index (χ0) is 21.6. The predicted molar refractivity (Wildman–Crippen MR) is 116 cm³/mol. The number of nitrogens with zero attached hydrogens (tertiary/aromatic N) is 6. The van der Waals surface area contributed by atoms with E-state index in [2.05, 4.69) is 35.8 Å². The molecule has 0 aliphatic rings. The van der Waals surface area contributed by atoms with Crippen molar-refractivity contribution in [1.82, 2.24) is 29.9 Å². The van der Waals surface area contributed by atoms with Crippen LogP contribution >= 0.6 is 0 Å². The van der Waals surface area contributed by atoms with Gasteiger partial charge in [0.05, 0.1) is 31.0 Å². The minimum Gasteiger partial charge on any atom is -0.486 e. The molecule has 10 nitrogen and oxygen atoms in total. The summed E-state index contributed by atoms with van der Waals surface area (Å²) in [6.07, 6.45) is 4.83. The van der Waals surface area contributed by atoms with E-state index < -0.39 is 0 Å². The van der Waals surface area contributed by atoms with Gasteiger partial charge < -0.3 is 20.1 Å². The summed E-state index contributed by atoms with van der Waals surface area (Å²) in [6, 6.07) is 9.38. The lowest BCUT2D eigenvalue weighted by Gasteiger charge is -2.09. The highest BCUT2D eigenvalue weighted by molar-refractivity contribution is 5.91. The van der Waals surface area contributed by atoms with Gasteiger partial charge in [0.25, 0.3) is 0 Å². The molecule has 1 aromatic carbocycles. The van der Waals surface area contributed by atoms with Gasteiger partial charge in [-0.2, -0.15) is 9.90 Å². The first-order valence-corrected chi connectivity index (χ1v) is 10.1. The predicted octanol–water partition coefficient (Wildman–Crippen LogP) is 2.31. The molecule has 0 saturated carbocycles. The molecule has 0 aliphatic carbocycles. The smallest absolute Gasteiger partial charge is 0.219 e. The zero-order valence-corrected chi connectivity index (χ0v) is 17.7. The first kappa shape index (κ1) is 20.5. The van der Waals surface area contributed by atoms with Gasteiger partial charge in [-0.1, -0.05) is 0 Å². The van der Waals surface area contributed by atoms with Crippen LogP contribution < -0.4 is 20.1 Å². The fraction of sp³-hybridized carbons (Fsp3) is 0.286. The number of anilines is 2. The molecule has 0 fully saturated rings. The van der Waals surface area contributed by atoms with E-state index in [4.69, 9.17) is 9.47 Å². The summed E-state index contributed by atoms with van der Waals surface area (Å²) >= 11 is 0. The van der Waals surface area contributed by atoms with E-state index in [1.165, 1.54) is 6.33 Å². The van der Waals surface area contributed by atoms with E-state index in [0.717, 1.165) is 17.4 Å². The van der Waals surface area contributed by atoms with Crippen LogP contribution in [-0.2, 0) is 0 Å². The zero-order valence-electron chi connectivity index (χ0n) is 17.7. The van der Waals surface area contributed by atoms with Crippen LogP contribution in [0.1, 0.15) is 19.9 Å². The molecule has 0 spiro atoms. The maximum absolute atomic E-state index is 5.92. The van der Waals surface area contributed by atoms with Crippen molar-refractivity contribution in [3.63, 3.8) is 0 Å². The molecule has 0 bridgehead atoms. The molecule has 10 heteroatoms. The number of hydrogen-bond donors (Lipinski definition) is 2. The number of fused-ring (bicyclic) bond motifs is 1. The number of quaternary nitrogens is 1. The maximum atomic E-state index is 5.92. The van der Waals surface area contributed by atoms with Gasteiger partial charge in [-0.15, -0.1) is 5.10 Å². The Hall–Kier alpha value is -3.79. The minimum atomic E-state index is 0.173. The molecule has 31 heavy (non-hydrogen) atoms. The quantitative estimate of drug-likeness (QED) is 0.396. The topological polar surface area (TPSA) is 116 Å². The summed E-state index contributed by atoms with van der Waals surface area (Å²) in [5, 5.41) is 14.7. The van der Waals surface area contributed by atoms with Crippen molar-refractivity contribution in [2.45, 2.75) is 19.9 Å². The van der Waals surface area contributed by atoms with Gasteiger partial charge in [0.2, 0.25) is 5.88 Å². The van der Waals surface area contributed by atoms with E-state index in [1.807, 2.05) is 45.2 Å². The largest absolute Gasteiger partial charge is 0.486 e. The fourth-order valence-corrected chi connectivity index (χ4v) is 2.83. The number of nitrogens with one attached hydrogen (secondary N) is 1.